The summed E-state index contributed by atoms with van der Waals surface area (Å²) in [5, 5.41) is 32.3. The van der Waals surface area contributed by atoms with Crippen molar-refractivity contribution in [3.8, 4) is 0 Å². The molecule has 1 unspecified atom stereocenters. The molecule has 0 saturated heterocycles. The van der Waals surface area contributed by atoms with Gasteiger partial charge in [-0.05, 0) is 17.2 Å². The molecule has 30 heavy (non-hydrogen) atoms. The fraction of sp³-hybridized carbons (Fsp3) is 0.182. The molecule has 0 bridgehead atoms. The average molecular weight is 411 g/mol. The monoisotopic (exact) mass is 411 g/mol. The average Bonchev–Trinajstić information content (AvgIpc) is 2.88. The molecule has 0 aromatic heterocycles. The van der Waals surface area contributed by atoms with Crippen LogP contribution in [0.4, 0.5) is 0 Å². The van der Waals surface area contributed by atoms with E-state index < -0.39 is 34.9 Å². The third-order valence-corrected chi connectivity index (χ3v) is 5.02. The van der Waals surface area contributed by atoms with Crippen LogP contribution >= 0.6 is 0 Å². The van der Waals surface area contributed by atoms with Crippen LogP contribution in [-0.4, -0.2) is 36.5 Å². The normalized spacial score (nSPS) is 17.9. The first-order valence-electron chi connectivity index (χ1n) is 9.09. The summed E-state index contributed by atoms with van der Waals surface area (Å²) in [6, 6.07) is 13.9. The van der Waals surface area contributed by atoms with Gasteiger partial charge in [0.25, 0.3) is 0 Å². The Morgan fingerprint density at radius 2 is 1.60 bits per heavy atom. The molecule has 0 radical (unpaired) electrons. The summed E-state index contributed by atoms with van der Waals surface area (Å²) in [5.74, 6) is -3.59. The molecule has 1 aliphatic carbocycles. The fourth-order valence-electron chi connectivity index (χ4n) is 3.68. The van der Waals surface area contributed by atoms with E-state index in [-0.39, 0.29) is 11.1 Å². The number of benzene rings is 2. The minimum absolute atomic E-state index is 0.259. The summed E-state index contributed by atoms with van der Waals surface area (Å²) in [4.78, 5) is 25.1. The Labute approximate surface area is 172 Å². The van der Waals surface area contributed by atoms with E-state index in [1.54, 1.807) is 54.6 Å². The Kier molecular flexibility index (Phi) is 6.31. The maximum atomic E-state index is 12.8. The number of ether oxygens (including phenoxy) is 2. The Morgan fingerprint density at radius 3 is 2.20 bits per heavy atom. The highest BCUT2D eigenvalue weighted by molar-refractivity contribution is 6.03. The summed E-state index contributed by atoms with van der Waals surface area (Å²) < 4.78 is 9.61. The number of nitrogens with one attached hydrogen (secondary N) is 1. The Morgan fingerprint density at radius 1 is 1.00 bits per heavy atom. The number of hydroxylamine groups is 2. The zero-order valence-electron chi connectivity index (χ0n) is 16.4. The summed E-state index contributed by atoms with van der Waals surface area (Å²) in [6.07, 6.45) is 1.38. The van der Waals surface area contributed by atoms with Crippen molar-refractivity contribution >= 4 is 18.0 Å². The highest BCUT2D eigenvalue weighted by Crippen LogP contribution is 2.42. The molecule has 3 N–H and O–H groups in total. The predicted molar refractivity (Wildman–Crippen MR) is 106 cm³/mol. The maximum absolute atomic E-state index is 12.8. The van der Waals surface area contributed by atoms with Gasteiger partial charge in [-0.1, -0.05) is 54.6 Å². The van der Waals surface area contributed by atoms with Crippen LogP contribution in [0, 0.1) is 5.21 Å². The zero-order chi connectivity index (χ0) is 21.8. The highest BCUT2D eigenvalue weighted by atomic mass is 16.8. The molecule has 8 nitrogen and oxygen atoms in total. The lowest BCUT2D eigenvalue weighted by molar-refractivity contribution is -1.07. The second kappa shape index (κ2) is 8.91. The number of rotatable bonds is 5. The van der Waals surface area contributed by atoms with Gasteiger partial charge in [0.05, 0.1) is 25.7 Å². The van der Waals surface area contributed by atoms with Gasteiger partial charge in [-0.2, -0.15) is 0 Å². The molecule has 8 heteroatoms. The molecule has 156 valence electrons. The zero-order valence-corrected chi connectivity index (χ0v) is 16.4. The number of carbonyl (C=O) groups is 2. The van der Waals surface area contributed by atoms with Crippen LogP contribution < -0.4 is 5.23 Å². The van der Waals surface area contributed by atoms with Gasteiger partial charge in [-0.3, -0.25) is 0 Å². The number of quaternary nitrogens is 1. The van der Waals surface area contributed by atoms with Crippen molar-refractivity contribution in [3.05, 3.63) is 93.4 Å². The van der Waals surface area contributed by atoms with Gasteiger partial charge in [-0.25, -0.2) is 20.0 Å². The molecule has 0 heterocycles. The summed E-state index contributed by atoms with van der Waals surface area (Å²) in [6.45, 7) is 0. The molecule has 3 rings (SSSR count). The molecule has 0 amide bonds. The van der Waals surface area contributed by atoms with Crippen molar-refractivity contribution in [2.45, 2.75) is 12.0 Å². The fourth-order valence-corrected chi connectivity index (χ4v) is 3.68. The van der Waals surface area contributed by atoms with Crippen LogP contribution in [0.5, 0.6) is 0 Å². The standard InChI is InChI=1S/C22H21NO7/c1-29-21(25)16-12-14-10-6-7-11-15(14)17(18(20(16)24)22(26)30-2)19(23(27)28)13-8-4-3-5-9-13/h3-12,17,19,23-24,27H,1-2H3/t17-,19-/m1/s1. The second-order valence-corrected chi connectivity index (χ2v) is 6.64. The molecule has 1 aliphatic rings. The second-order valence-electron chi connectivity index (χ2n) is 6.64. The van der Waals surface area contributed by atoms with E-state index in [9.17, 15) is 25.1 Å². The van der Waals surface area contributed by atoms with Crippen molar-refractivity contribution in [1.82, 2.24) is 0 Å². The molecule has 0 fully saturated rings. The maximum Gasteiger partial charge on any atom is 0.341 e. The smallest absolute Gasteiger partial charge is 0.341 e. The van der Waals surface area contributed by atoms with E-state index in [4.69, 9.17) is 9.47 Å². The van der Waals surface area contributed by atoms with Gasteiger partial charge in [0, 0.05) is 5.56 Å². The number of hydrogen-bond donors (Lipinski definition) is 3. The van der Waals surface area contributed by atoms with Gasteiger partial charge in [0.2, 0.25) is 0 Å². The van der Waals surface area contributed by atoms with Crippen molar-refractivity contribution in [2.24, 2.45) is 0 Å². The lowest BCUT2D eigenvalue weighted by Crippen LogP contribution is -3.05. The van der Waals surface area contributed by atoms with E-state index in [1.165, 1.54) is 6.08 Å². The molecular weight excluding hydrogens is 390 g/mol. The number of hydrogen-bond acceptors (Lipinski definition) is 7. The molecule has 0 spiro atoms. The van der Waals surface area contributed by atoms with Crippen LogP contribution in [-0.2, 0) is 19.1 Å². The third-order valence-electron chi connectivity index (χ3n) is 5.02. The van der Waals surface area contributed by atoms with Crippen molar-refractivity contribution in [3.63, 3.8) is 0 Å². The Hall–Kier alpha value is -3.46. The predicted octanol–water partition coefficient (Wildman–Crippen LogP) is 1.84. The van der Waals surface area contributed by atoms with E-state index in [1.807, 2.05) is 0 Å². The largest absolute Gasteiger partial charge is 0.600 e. The van der Waals surface area contributed by atoms with Gasteiger partial charge in [-0.15, -0.1) is 0 Å². The number of esters is 2. The molecule has 2 aromatic rings. The Bertz CT molecular complexity index is 1010. The van der Waals surface area contributed by atoms with E-state index in [2.05, 4.69) is 0 Å². The summed E-state index contributed by atoms with van der Waals surface area (Å²) in [5.41, 5.74) is 0.788. The topological polar surface area (TPSA) is 121 Å². The summed E-state index contributed by atoms with van der Waals surface area (Å²) >= 11 is 0. The lowest BCUT2D eigenvalue weighted by atomic mass is 9.80. The highest BCUT2D eigenvalue weighted by Gasteiger charge is 2.42. The first-order chi connectivity index (χ1) is 14.4. The van der Waals surface area contributed by atoms with Gasteiger partial charge in [0.15, 0.2) is 6.04 Å². The van der Waals surface area contributed by atoms with Crippen LogP contribution in [0.3, 0.4) is 0 Å². The van der Waals surface area contributed by atoms with Crippen molar-refractivity contribution < 1.29 is 34.6 Å². The Balaban J connectivity index is 2.37. The number of methoxy groups -OCH3 is 2. The van der Waals surface area contributed by atoms with Gasteiger partial charge in [0.1, 0.15) is 11.3 Å². The number of aliphatic hydroxyl groups is 1. The molecule has 2 aromatic carbocycles. The number of aliphatic hydroxyl groups excluding tert-OH is 1. The third kappa shape index (κ3) is 3.84. The molecular formula is C22H21NO7. The van der Waals surface area contributed by atoms with Crippen LogP contribution in [0.15, 0.2) is 71.5 Å². The van der Waals surface area contributed by atoms with Gasteiger partial charge >= 0.3 is 11.9 Å². The van der Waals surface area contributed by atoms with Crippen LogP contribution in [0.2, 0.25) is 0 Å². The molecule has 0 aliphatic heterocycles. The van der Waals surface area contributed by atoms with E-state index in [0.29, 0.717) is 16.7 Å². The minimum atomic E-state index is -1.23. The van der Waals surface area contributed by atoms with Crippen molar-refractivity contribution in [1.29, 1.82) is 0 Å². The van der Waals surface area contributed by atoms with Crippen LogP contribution in [0.1, 0.15) is 28.7 Å². The quantitative estimate of drug-likeness (QED) is 0.507. The molecule has 3 atom stereocenters. The molecule has 0 saturated carbocycles. The lowest BCUT2D eigenvalue weighted by Gasteiger charge is -2.33. The van der Waals surface area contributed by atoms with E-state index in [0.717, 1.165) is 14.2 Å². The summed E-state index contributed by atoms with van der Waals surface area (Å²) in [7, 11) is 2.27. The van der Waals surface area contributed by atoms with Crippen LogP contribution in [0.25, 0.3) is 6.08 Å². The minimum Gasteiger partial charge on any atom is -0.600 e. The first-order valence-corrected chi connectivity index (χ1v) is 9.09. The first kappa shape index (κ1) is 21.3. The van der Waals surface area contributed by atoms with Crippen molar-refractivity contribution in [2.75, 3.05) is 14.2 Å². The van der Waals surface area contributed by atoms with Gasteiger partial charge < -0.3 is 19.8 Å². The number of carbonyl (C=O) groups excluding carboxylic acids is 2. The van der Waals surface area contributed by atoms with E-state index >= 15 is 0 Å². The number of fused-ring (bicyclic) bond motifs is 1. The SMILES string of the molecule is COC(=O)C1=Cc2ccccc2[C@@H]([C@@H](c2ccccc2)[NH+]([O-])O)C(C(=O)OC)=C1O.